The Morgan fingerprint density at radius 2 is 2.00 bits per heavy atom. The molecule has 3 atom stereocenters. The molecule has 2 aromatic rings. The normalized spacial score (nSPS) is 20.0. The van der Waals surface area contributed by atoms with Gasteiger partial charge in [-0.05, 0) is 38.2 Å². The van der Waals surface area contributed by atoms with Gasteiger partial charge in [0, 0.05) is 30.8 Å². The fourth-order valence-corrected chi connectivity index (χ4v) is 4.05. The quantitative estimate of drug-likeness (QED) is 0.512. The molecular weight excluding hydrogens is 440 g/mol. The molecule has 4 rings (SSSR count). The van der Waals surface area contributed by atoms with Gasteiger partial charge in [0.2, 0.25) is 6.79 Å². The zero-order valence-electron chi connectivity index (χ0n) is 19.5. The van der Waals surface area contributed by atoms with Crippen molar-refractivity contribution in [3.63, 3.8) is 0 Å². The maximum absolute atomic E-state index is 13.4. The first-order valence-electron chi connectivity index (χ1n) is 11.2. The van der Waals surface area contributed by atoms with Gasteiger partial charge in [0.15, 0.2) is 17.2 Å². The summed E-state index contributed by atoms with van der Waals surface area (Å²) in [6.07, 6.45) is -0.259. The van der Waals surface area contributed by atoms with Gasteiger partial charge in [0.05, 0.1) is 23.9 Å². The smallest absolute Gasteiger partial charge is 0.323 e. The third-order valence-electron chi connectivity index (χ3n) is 5.98. The van der Waals surface area contributed by atoms with Gasteiger partial charge in [-0.25, -0.2) is 4.79 Å². The molecule has 0 saturated heterocycles. The van der Waals surface area contributed by atoms with Gasteiger partial charge >= 0.3 is 6.03 Å². The molecule has 10 heteroatoms. The molecule has 3 amide bonds. The van der Waals surface area contributed by atoms with Crippen LogP contribution in [0.25, 0.3) is 0 Å². The number of hydrogen-bond acceptors (Lipinski definition) is 7. The third-order valence-corrected chi connectivity index (χ3v) is 5.98. The van der Waals surface area contributed by atoms with Crippen molar-refractivity contribution in [2.45, 2.75) is 26.0 Å². The highest BCUT2D eigenvalue weighted by Gasteiger charge is 2.33. The maximum atomic E-state index is 13.4. The van der Waals surface area contributed by atoms with Crippen LogP contribution in [0.3, 0.4) is 0 Å². The number of benzene rings is 2. The number of nitrogens with one attached hydrogen (secondary N) is 3. The van der Waals surface area contributed by atoms with Crippen molar-refractivity contribution in [1.82, 2.24) is 10.2 Å². The van der Waals surface area contributed by atoms with E-state index in [0.717, 1.165) is 0 Å². The summed E-state index contributed by atoms with van der Waals surface area (Å²) in [5.41, 5.74) is 1.23. The summed E-state index contributed by atoms with van der Waals surface area (Å²) in [5.74, 6) is 1.20. The molecule has 2 aromatic carbocycles. The number of carbonyl (C=O) groups is 2. The van der Waals surface area contributed by atoms with Crippen LogP contribution in [0.2, 0.25) is 0 Å². The van der Waals surface area contributed by atoms with Crippen LogP contribution < -0.4 is 30.2 Å². The Kier molecular flexibility index (Phi) is 7.09. The molecule has 0 unspecified atom stereocenters. The van der Waals surface area contributed by atoms with Crippen LogP contribution in [0, 0.1) is 5.92 Å². The van der Waals surface area contributed by atoms with E-state index in [0.29, 0.717) is 47.3 Å². The summed E-state index contributed by atoms with van der Waals surface area (Å²) in [5, 5.41) is 18.4. The van der Waals surface area contributed by atoms with Gasteiger partial charge in [-0.2, -0.15) is 0 Å². The van der Waals surface area contributed by atoms with Crippen molar-refractivity contribution in [2.75, 3.05) is 44.2 Å². The number of hydrogen-bond donors (Lipinski definition) is 4. The fraction of sp³-hybridized carbons (Fsp3) is 0.417. The van der Waals surface area contributed by atoms with Crippen LogP contribution in [0.4, 0.5) is 16.2 Å². The molecule has 2 aliphatic rings. The monoisotopic (exact) mass is 470 g/mol. The molecular formula is C24H30N4O6. The van der Waals surface area contributed by atoms with E-state index in [2.05, 4.69) is 16.0 Å². The van der Waals surface area contributed by atoms with Crippen LogP contribution in [0.1, 0.15) is 24.2 Å². The van der Waals surface area contributed by atoms with Crippen LogP contribution in [-0.4, -0.2) is 67.6 Å². The first-order valence-corrected chi connectivity index (χ1v) is 11.2. The number of nitrogens with zero attached hydrogens (tertiary/aromatic N) is 1. The zero-order valence-corrected chi connectivity index (χ0v) is 19.5. The van der Waals surface area contributed by atoms with E-state index in [1.54, 1.807) is 48.2 Å². The van der Waals surface area contributed by atoms with Gasteiger partial charge in [0.1, 0.15) is 6.10 Å². The van der Waals surface area contributed by atoms with Crippen LogP contribution in [-0.2, 0) is 0 Å². The molecule has 0 saturated carbocycles. The number of anilines is 2. The minimum Gasteiger partial charge on any atom is -0.486 e. The second-order valence-corrected chi connectivity index (χ2v) is 8.51. The molecule has 2 aliphatic heterocycles. The summed E-state index contributed by atoms with van der Waals surface area (Å²) in [7, 11) is 1.83. The lowest BCUT2D eigenvalue weighted by molar-refractivity contribution is 0.0417. The predicted molar refractivity (Wildman–Crippen MR) is 127 cm³/mol. The second-order valence-electron chi connectivity index (χ2n) is 8.51. The Balaban J connectivity index is 1.62. The fourth-order valence-electron chi connectivity index (χ4n) is 4.05. The number of aliphatic hydroxyl groups is 1. The summed E-state index contributed by atoms with van der Waals surface area (Å²) in [4.78, 5) is 27.9. The largest absolute Gasteiger partial charge is 0.486 e. The minimum absolute atomic E-state index is 0.0194. The van der Waals surface area contributed by atoms with Crippen LogP contribution in [0.5, 0.6) is 17.2 Å². The van der Waals surface area contributed by atoms with Gasteiger partial charge in [0.25, 0.3) is 5.91 Å². The highest BCUT2D eigenvalue weighted by Crippen LogP contribution is 2.36. The molecule has 0 spiro atoms. The number of aliphatic hydroxyl groups excluding tert-OH is 1. The number of urea groups is 1. The molecule has 0 aliphatic carbocycles. The van der Waals surface area contributed by atoms with Gasteiger partial charge in [-0.3, -0.25) is 4.79 Å². The van der Waals surface area contributed by atoms with E-state index in [4.69, 9.17) is 14.2 Å². The Morgan fingerprint density at radius 1 is 1.21 bits per heavy atom. The zero-order chi connectivity index (χ0) is 24.2. The number of rotatable bonds is 6. The summed E-state index contributed by atoms with van der Waals surface area (Å²) < 4.78 is 17.0. The van der Waals surface area contributed by atoms with Crippen molar-refractivity contribution >= 4 is 23.3 Å². The first kappa shape index (κ1) is 23.7. The lowest BCUT2D eigenvalue weighted by atomic mass is 9.99. The average Bonchev–Trinajstić information content (AvgIpc) is 3.29. The summed E-state index contributed by atoms with van der Waals surface area (Å²) >= 11 is 0. The van der Waals surface area contributed by atoms with Crippen molar-refractivity contribution in [2.24, 2.45) is 5.92 Å². The Morgan fingerprint density at radius 3 is 2.76 bits per heavy atom. The molecule has 0 fully saturated rings. The van der Waals surface area contributed by atoms with Gasteiger partial charge in [-0.1, -0.05) is 13.0 Å². The van der Waals surface area contributed by atoms with Crippen molar-refractivity contribution in [3.8, 4) is 17.2 Å². The molecule has 34 heavy (non-hydrogen) atoms. The number of fused-ring (bicyclic) bond motifs is 2. The standard InChI is InChI=1S/C24H30N4O6/c1-14-11-28(15(2)12-29)23(30)17-5-4-6-18(22(17)34-21(14)10-25-3)27-24(31)26-16-7-8-19-20(9-16)33-13-32-19/h4-9,14-15,21,25,29H,10-13H2,1-3H3,(H2,26,27,31)/t14-,15-,21+/m1/s1. The molecule has 10 nitrogen and oxygen atoms in total. The summed E-state index contributed by atoms with van der Waals surface area (Å²) in [6.45, 7) is 4.79. The number of carbonyl (C=O) groups excluding carboxylic acids is 2. The molecule has 0 radical (unpaired) electrons. The van der Waals surface area contributed by atoms with Crippen molar-refractivity contribution in [1.29, 1.82) is 0 Å². The lowest BCUT2D eigenvalue weighted by Crippen LogP contribution is -2.49. The van der Waals surface area contributed by atoms with Crippen LogP contribution >= 0.6 is 0 Å². The lowest BCUT2D eigenvalue weighted by Gasteiger charge is -2.37. The van der Waals surface area contributed by atoms with Gasteiger partial charge in [-0.15, -0.1) is 0 Å². The van der Waals surface area contributed by atoms with E-state index >= 15 is 0 Å². The second kappa shape index (κ2) is 10.2. The Hall–Kier alpha value is -3.50. The van der Waals surface area contributed by atoms with E-state index < -0.39 is 6.03 Å². The Labute approximate surface area is 198 Å². The first-order chi connectivity index (χ1) is 16.4. The third kappa shape index (κ3) is 4.87. The average molecular weight is 471 g/mol. The number of likely N-dealkylation sites (N-methyl/N-ethyl adjacent to an activating group) is 1. The SMILES string of the molecule is CNC[C@@H]1Oc2c(NC(=O)Nc3ccc4c(c3)OCO4)cccc2C(=O)N([C@H](C)CO)C[C@H]1C. The van der Waals surface area contributed by atoms with E-state index in [-0.39, 0.29) is 37.4 Å². The molecule has 0 bridgehead atoms. The number of ether oxygens (including phenoxy) is 3. The maximum Gasteiger partial charge on any atom is 0.323 e. The van der Waals surface area contributed by atoms with Crippen molar-refractivity contribution in [3.05, 3.63) is 42.0 Å². The van der Waals surface area contributed by atoms with E-state index in [1.165, 1.54) is 0 Å². The van der Waals surface area contributed by atoms with E-state index in [9.17, 15) is 14.7 Å². The number of para-hydroxylation sites is 1. The van der Waals surface area contributed by atoms with Crippen molar-refractivity contribution < 1.29 is 28.9 Å². The van der Waals surface area contributed by atoms with Gasteiger partial charge < -0.3 is 40.2 Å². The highest BCUT2D eigenvalue weighted by molar-refractivity contribution is 6.04. The van der Waals surface area contributed by atoms with E-state index in [1.807, 2.05) is 14.0 Å². The highest BCUT2D eigenvalue weighted by atomic mass is 16.7. The number of amides is 3. The minimum atomic E-state index is -0.496. The molecule has 182 valence electrons. The molecule has 2 heterocycles. The van der Waals surface area contributed by atoms with Crippen LogP contribution in [0.15, 0.2) is 36.4 Å². The predicted octanol–water partition coefficient (Wildman–Crippen LogP) is 2.50. The topological polar surface area (TPSA) is 121 Å². The Bertz CT molecular complexity index is 1060. The molecule has 4 N–H and O–H groups in total. The summed E-state index contributed by atoms with van der Waals surface area (Å²) in [6, 6.07) is 9.30. The molecule has 0 aromatic heterocycles.